The summed E-state index contributed by atoms with van der Waals surface area (Å²) in [6.45, 7) is 1.42. The number of fused-ring (bicyclic) bond motifs is 1. The fraction of sp³-hybridized carbons (Fsp3) is 0.414. The zero-order valence-corrected chi connectivity index (χ0v) is 21.8. The summed E-state index contributed by atoms with van der Waals surface area (Å²) < 4.78 is 5.39. The van der Waals surface area contributed by atoms with Gasteiger partial charge in [-0.05, 0) is 49.3 Å². The van der Waals surface area contributed by atoms with Crippen molar-refractivity contribution in [2.75, 3.05) is 27.2 Å². The molecule has 1 fully saturated rings. The monoisotopic (exact) mass is 503 g/mol. The first-order chi connectivity index (χ1) is 17.5. The highest BCUT2D eigenvalue weighted by molar-refractivity contribution is 7.09. The number of nitrogens with zero attached hydrogens (tertiary/aromatic N) is 3. The highest BCUT2D eigenvalue weighted by Gasteiger charge is 2.30. The van der Waals surface area contributed by atoms with E-state index >= 15 is 0 Å². The van der Waals surface area contributed by atoms with Crippen molar-refractivity contribution in [1.29, 1.82) is 0 Å². The van der Waals surface area contributed by atoms with Crippen LogP contribution in [0.2, 0.25) is 0 Å². The number of aromatic nitrogens is 1. The average Bonchev–Trinajstić information content (AvgIpc) is 3.43. The summed E-state index contributed by atoms with van der Waals surface area (Å²) in [5, 5.41) is 2.91. The molecule has 0 radical (unpaired) electrons. The molecule has 2 aliphatic rings. The van der Waals surface area contributed by atoms with Crippen LogP contribution in [0.25, 0.3) is 0 Å². The van der Waals surface area contributed by atoms with E-state index in [0.29, 0.717) is 25.2 Å². The van der Waals surface area contributed by atoms with Gasteiger partial charge in [0.25, 0.3) is 5.91 Å². The van der Waals surface area contributed by atoms with E-state index in [2.05, 4.69) is 24.3 Å². The van der Waals surface area contributed by atoms with E-state index in [1.807, 2.05) is 46.5 Å². The quantitative estimate of drug-likeness (QED) is 0.461. The van der Waals surface area contributed by atoms with Gasteiger partial charge in [0.1, 0.15) is 11.4 Å². The minimum absolute atomic E-state index is 0.0105. The number of aryl methyl sites for hydroxylation is 1. The molecule has 1 atom stereocenters. The van der Waals surface area contributed by atoms with Crippen LogP contribution < -0.4 is 4.74 Å². The molecule has 2 aromatic carbocycles. The number of hydrogen-bond acceptors (Lipinski definition) is 5. The maximum atomic E-state index is 13.3. The third-order valence-corrected chi connectivity index (χ3v) is 8.61. The predicted octanol–water partition coefficient (Wildman–Crippen LogP) is 5.25. The van der Waals surface area contributed by atoms with Crippen molar-refractivity contribution < 1.29 is 14.3 Å². The summed E-state index contributed by atoms with van der Waals surface area (Å²) in [6.07, 6.45) is 5.24. The number of ether oxygens (including phenoxy) is 1. The number of amides is 2. The second kappa shape index (κ2) is 10.8. The molecule has 2 heterocycles. The molecule has 6 nitrogen and oxygen atoms in total. The Morgan fingerprint density at radius 2 is 1.83 bits per heavy atom. The van der Waals surface area contributed by atoms with Crippen molar-refractivity contribution in [3.05, 3.63) is 81.3 Å². The van der Waals surface area contributed by atoms with Gasteiger partial charge >= 0.3 is 0 Å². The molecule has 3 aromatic rings. The molecule has 1 aliphatic carbocycles. The summed E-state index contributed by atoms with van der Waals surface area (Å²) in [7, 11) is 3.54. The van der Waals surface area contributed by atoms with Gasteiger partial charge in [0, 0.05) is 37.0 Å². The molecule has 0 saturated carbocycles. The minimum Gasteiger partial charge on any atom is -0.496 e. The molecule has 0 N–H and O–H groups in total. The number of carbonyl (C=O) groups excluding carboxylic acids is 2. The molecule has 2 amide bonds. The van der Waals surface area contributed by atoms with E-state index in [9.17, 15) is 9.59 Å². The second-order valence-electron chi connectivity index (χ2n) is 9.74. The van der Waals surface area contributed by atoms with Crippen LogP contribution in [0.4, 0.5) is 0 Å². The predicted molar refractivity (Wildman–Crippen MR) is 142 cm³/mol. The average molecular weight is 504 g/mol. The van der Waals surface area contributed by atoms with Gasteiger partial charge in [-0.2, -0.15) is 0 Å². The standard InChI is InChI=1S/C29H33N3O3S/c1-31(25-12-7-10-20-8-3-5-11-23(20)25)29(34)24-19-36-28(30-24)21-14-16-32(17-15-21)27(33)18-22-9-4-6-13-26(22)35-2/h3-6,8-9,11,13,19,21,25H,7,10,12,14-18H2,1-2H3. The van der Waals surface area contributed by atoms with Gasteiger partial charge in [-0.1, -0.05) is 42.5 Å². The van der Waals surface area contributed by atoms with Crippen molar-refractivity contribution >= 4 is 23.2 Å². The number of carbonyl (C=O) groups is 2. The van der Waals surface area contributed by atoms with E-state index in [0.717, 1.165) is 48.4 Å². The van der Waals surface area contributed by atoms with Gasteiger partial charge in [-0.3, -0.25) is 9.59 Å². The van der Waals surface area contributed by atoms with E-state index in [1.165, 1.54) is 11.1 Å². The van der Waals surface area contributed by atoms with Crippen LogP contribution in [0, 0.1) is 0 Å². The Morgan fingerprint density at radius 3 is 2.64 bits per heavy atom. The maximum Gasteiger partial charge on any atom is 0.273 e. The number of likely N-dealkylation sites (tertiary alicyclic amines) is 1. The van der Waals surface area contributed by atoms with E-state index in [4.69, 9.17) is 9.72 Å². The molecule has 0 spiro atoms. The number of methoxy groups -OCH3 is 1. The second-order valence-corrected chi connectivity index (χ2v) is 10.6. The van der Waals surface area contributed by atoms with Crippen LogP contribution in [-0.4, -0.2) is 53.8 Å². The van der Waals surface area contributed by atoms with Gasteiger partial charge in [0.2, 0.25) is 5.91 Å². The smallest absolute Gasteiger partial charge is 0.273 e. The molecule has 1 unspecified atom stereocenters. The topological polar surface area (TPSA) is 62.7 Å². The molecular weight excluding hydrogens is 470 g/mol. The van der Waals surface area contributed by atoms with E-state index in [1.54, 1.807) is 18.4 Å². The Bertz CT molecular complexity index is 1230. The van der Waals surface area contributed by atoms with Crippen LogP contribution in [0.15, 0.2) is 53.9 Å². The lowest BCUT2D eigenvalue weighted by Crippen LogP contribution is -2.38. The number of thiazole rings is 1. The highest BCUT2D eigenvalue weighted by atomic mass is 32.1. The van der Waals surface area contributed by atoms with Crippen molar-refractivity contribution in [2.24, 2.45) is 0 Å². The van der Waals surface area contributed by atoms with Gasteiger partial charge < -0.3 is 14.5 Å². The first-order valence-electron chi connectivity index (χ1n) is 12.7. The Hall–Kier alpha value is -3.19. The maximum absolute atomic E-state index is 13.3. The molecule has 1 saturated heterocycles. The Labute approximate surface area is 216 Å². The number of para-hydroxylation sites is 1. The van der Waals surface area contributed by atoms with Gasteiger partial charge in [0.15, 0.2) is 0 Å². The molecular formula is C29H33N3O3S. The van der Waals surface area contributed by atoms with Crippen LogP contribution >= 0.6 is 11.3 Å². The lowest BCUT2D eigenvalue weighted by Gasteiger charge is -2.33. The minimum atomic E-state index is -0.0105. The molecule has 36 heavy (non-hydrogen) atoms. The van der Waals surface area contributed by atoms with Crippen molar-refractivity contribution in [2.45, 2.75) is 50.5 Å². The van der Waals surface area contributed by atoms with Crippen LogP contribution in [-0.2, 0) is 17.6 Å². The molecule has 0 bridgehead atoms. The molecule has 1 aromatic heterocycles. The summed E-state index contributed by atoms with van der Waals surface area (Å²) >= 11 is 1.57. The van der Waals surface area contributed by atoms with Gasteiger partial charge in [0.05, 0.1) is 24.6 Å². The van der Waals surface area contributed by atoms with Crippen LogP contribution in [0.3, 0.4) is 0 Å². The van der Waals surface area contributed by atoms with Crippen LogP contribution in [0.1, 0.15) is 69.8 Å². The summed E-state index contributed by atoms with van der Waals surface area (Å²) in [5.41, 5.74) is 4.06. The number of rotatable bonds is 6. The molecule has 188 valence electrons. The third-order valence-electron chi connectivity index (χ3n) is 7.60. The Kier molecular flexibility index (Phi) is 7.37. The molecule has 7 heteroatoms. The fourth-order valence-electron chi connectivity index (χ4n) is 5.53. The zero-order chi connectivity index (χ0) is 25.1. The Morgan fingerprint density at radius 1 is 1.08 bits per heavy atom. The van der Waals surface area contributed by atoms with Gasteiger partial charge in [-0.15, -0.1) is 11.3 Å². The number of hydrogen-bond donors (Lipinski definition) is 0. The number of piperidine rings is 1. The van der Waals surface area contributed by atoms with Crippen molar-refractivity contribution in [3.63, 3.8) is 0 Å². The largest absolute Gasteiger partial charge is 0.496 e. The first-order valence-corrected chi connectivity index (χ1v) is 13.6. The normalized spacial score (nSPS) is 17.9. The van der Waals surface area contributed by atoms with E-state index < -0.39 is 0 Å². The zero-order valence-electron chi connectivity index (χ0n) is 21.0. The van der Waals surface area contributed by atoms with E-state index in [-0.39, 0.29) is 23.8 Å². The number of benzene rings is 2. The van der Waals surface area contributed by atoms with Crippen molar-refractivity contribution in [1.82, 2.24) is 14.8 Å². The first kappa shape index (κ1) is 24.5. The summed E-state index contributed by atoms with van der Waals surface area (Å²) in [6, 6.07) is 16.2. The summed E-state index contributed by atoms with van der Waals surface area (Å²) in [4.78, 5) is 34.8. The Balaban J connectivity index is 1.19. The highest BCUT2D eigenvalue weighted by Crippen LogP contribution is 2.35. The SMILES string of the molecule is COc1ccccc1CC(=O)N1CCC(c2nc(C(=O)N(C)C3CCCc4ccccc43)cs2)CC1. The fourth-order valence-corrected chi connectivity index (χ4v) is 6.49. The molecule has 1 aliphatic heterocycles. The lowest BCUT2D eigenvalue weighted by atomic mass is 9.87. The lowest BCUT2D eigenvalue weighted by molar-refractivity contribution is -0.131. The van der Waals surface area contributed by atoms with Crippen molar-refractivity contribution in [3.8, 4) is 5.75 Å². The summed E-state index contributed by atoms with van der Waals surface area (Å²) in [5.74, 6) is 1.15. The van der Waals surface area contributed by atoms with Crippen LogP contribution in [0.5, 0.6) is 5.75 Å². The molecule has 5 rings (SSSR count). The third kappa shape index (κ3) is 5.03. The van der Waals surface area contributed by atoms with Gasteiger partial charge in [-0.25, -0.2) is 4.98 Å².